The Hall–Kier alpha value is -1.01. The third kappa shape index (κ3) is 2.95. The summed E-state index contributed by atoms with van der Waals surface area (Å²) in [6.45, 7) is 1.60. The molecule has 0 amide bonds. The zero-order chi connectivity index (χ0) is 14.2. The molecule has 2 aromatic rings. The molecule has 2 rings (SSSR count). The number of aliphatic hydroxyl groups is 1. The zero-order valence-corrected chi connectivity index (χ0v) is 12.0. The Morgan fingerprint density at radius 3 is 2.63 bits per heavy atom. The largest absolute Gasteiger partial charge is 0.369 e. The smallest absolute Gasteiger partial charge is 0.280 e. The molecule has 0 bridgehead atoms. The fourth-order valence-corrected chi connectivity index (χ4v) is 1.74. The van der Waals surface area contributed by atoms with Gasteiger partial charge in [0.05, 0.1) is 10.9 Å². The van der Waals surface area contributed by atoms with Crippen molar-refractivity contribution in [2.75, 3.05) is 5.43 Å². The molecule has 2 N–H and O–H groups in total. The Bertz CT molecular complexity index is 666. The van der Waals surface area contributed by atoms with Crippen LogP contribution in [0.25, 0.3) is 10.9 Å². The molecular weight excluding hydrogens is 312 g/mol. The number of rotatable bonds is 2. The van der Waals surface area contributed by atoms with Crippen molar-refractivity contribution in [3.63, 3.8) is 0 Å². The Balaban J connectivity index is 2.53. The van der Waals surface area contributed by atoms with Crippen LogP contribution in [0.4, 0.5) is 0 Å². The molecule has 0 spiro atoms. The molecule has 0 saturated heterocycles. The van der Waals surface area contributed by atoms with E-state index in [-0.39, 0.29) is 5.56 Å². The number of alkyl halides is 3. The Labute approximate surface area is 123 Å². The van der Waals surface area contributed by atoms with Gasteiger partial charge in [-0.05, 0) is 19.1 Å². The summed E-state index contributed by atoms with van der Waals surface area (Å²) in [7, 11) is 0. The van der Waals surface area contributed by atoms with E-state index in [9.17, 15) is 9.90 Å². The van der Waals surface area contributed by atoms with Gasteiger partial charge in [-0.2, -0.15) is 0 Å². The number of para-hydroxylation sites is 1. The first-order chi connectivity index (χ1) is 8.80. The van der Waals surface area contributed by atoms with Crippen molar-refractivity contribution in [1.29, 1.82) is 0 Å². The summed E-state index contributed by atoms with van der Waals surface area (Å²) in [4.78, 5) is 16.5. The van der Waals surface area contributed by atoms with Gasteiger partial charge in [-0.3, -0.25) is 10.2 Å². The molecule has 0 radical (unpaired) electrons. The first-order valence-electron chi connectivity index (χ1n) is 5.30. The van der Waals surface area contributed by atoms with Gasteiger partial charge in [0.15, 0.2) is 6.23 Å². The molecule has 0 aliphatic rings. The molecule has 8 heteroatoms. The lowest BCUT2D eigenvalue weighted by Gasteiger charge is -2.23. The second kappa shape index (κ2) is 5.17. The second-order valence-electron chi connectivity index (χ2n) is 3.89. The second-order valence-corrected chi connectivity index (χ2v) is 6.26. The number of aliphatic hydroxyl groups excluding tert-OH is 1. The third-order valence-electron chi connectivity index (χ3n) is 2.50. The summed E-state index contributed by atoms with van der Waals surface area (Å²) in [5, 5.41) is 10.1. The number of fused-ring (bicyclic) bond motifs is 1. The van der Waals surface area contributed by atoms with Crippen molar-refractivity contribution in [1.82, 2.24) is 9.66 Å². The van der Waals surface area contributed by atoms with Gasteiger partial charge < -0.3 is 5.11 Å². The van der Waals surface area contributed by atoms with Crippen LogP contribution < -0.4 is 11.0 Å². The number of hydrogen-bond acceptors (Lipinski definition) is 4. The average molecular weight is 323 g/mol. The van der Waals surface area contributed by atoms with E-state index >= 15 is 0 Å². The lowest BCUT2D eigenvalue weighted by molar-refractivity contribution is 0.190. The van der Waals surface area contributed by atoms with Crippen molar-refractivity contribution in [2.24, 2.45) is 0 Å². The van der Waals surface area contributed by atoms with Crippen LogP contribution in [-0.2, 0) is 0 Å². The SMILES string of the molecule is Cc1nc2ccccc2c(=O)n1N[C@@H](O)C(Cl)(Cl)Cl. The first-order valence-corrected chi connectivity index (χ1v) is 6.44. The van der Waals surface area contributed by atoms with Crippen LogP contribution in [0, 0.1) is 6.92 Å². The fourth-order valence-electron chi connectivity index (χ4n) is 1.59. The van der Waals surface area contributed by atoms with E-state index in [0.717, 1.165) is 4.68 Å². The van der Waals surface area contributed by atoms with E-state index in [0.29, 0.717) is 16.7 Å². The maximum atomic E-state index is 12.2. The summed E-state index contributed by atoms with van der Waals surface area (Å²) < 4.78 is -0.910. The quantitative estimate of drug-likeness (QED) is 0.655. The monoisotopic (exact) mass is 321 g/mol. The summed E-state index contributed by atoms with van der Waals surface area (Å²) in [6, 6.07) is 6.85. The number of halogens is 3. The van der Waals surface area contributed by atoms with Gasteiger partial charge in [0.1, 0.15) is 5.82 Å². The number of aryl methyl sites for hydroxylation is 1. The molecule has 1 heterocycles. The Morgan fingerprint density at radius 1 is 1.37 bits per heavy atom. The van der Waals surface area contributed by atoms with Crippen LogP contribution in [-0.4, -0.2) is 24.8 Å². The molecule has 0 unspecified atom stereocenters. The van der Waals surface area contributed by atoms with Crippen LogP contribution in [0.2, 0.25) is 0 Å². The van der Waals surface area contributed by atoms with Gasteiger partial charge in [-0.15, -0.1) is 0 Å². The highest BCUT2D eigenvalue weighted by Crippen LogP contribution is 2.29. The molecule has 0 aliphatic carbocycles. The molecule has 1 aromatic carbocycles. The molecule has 0 saturated carbocycles. The van der Waals surface area contributed by atoms with E-state index < -0.39 is 10.0 Å². The minimum Gasteiger partial charge on any atom is -0.369 e. The van der Waals surface area contributed by atoms with Gasteiger partial charge in [0, 0.05) is 0 Å². The van der Waals surface area contributed by atoms with Gasteiger partial charge in [-0.1, -0.05) is 46.9 Å². The topological polar surface area (TPSA) is 67.2 Å². The minimum atomic E-state index is -1.96. The number of nitrogens with one attached hydrogen (secondary N) is 1. The molecule has 1 atom stereocenters. The number of hydrogen-bond donors (Lipinski definition) is 2. The molecule has 102 valence electrons. The van der Waals surface area contributed by atoms with Crippen LogP contribution in [0.1, 0.15) is 5.82 Å². The lowest BCUT2D eigenvalue weighted by Crippen LogP contribution is -2.44. The van der Waals surface area contributed by atoms with E-state index in [1.807, 2.05) is 0 Å². The van der Waals surface area contributed by atoms with Crippen LogP contribution in [0.5, 0.6) is 0 Å². The predicted molar refractivity (Wildman–Crippen MR) is 76.4 cm³/mol. The van der Waals surface area contributed by atoms with Crippen LogP contribution >= 0.6 is 34.8 Å². The lowest BCUT2D eigenvalue weighted by atomic mass is 10.2. The van der Waals surface area contributed by atoms with Crippen molar-refractivity contribution in [3.05, 3.63) is 40.4 Å². The molecule has 1 aromatic heterocycles. The van der Waals surface area contributed by atoms with Crippen LogP contribution in [0.3, 0.4) is 0 Å². The fraction of sp³-hybridized carbons (Fsp3) is 0.273. The summed E-state index contributed by atoms with van der Waals surface area (Å²) in [5.74, 6) is 0.344. The third-order valence-corrected chi connectivity index (χ3v) is 3.12. The number of aromatic nitrogens is 2. The summed E-state index contributed by atoms with van der Waals surface area (Å²) in [5.41, 5.74) is 2.60. The summed E-state index contributed by atoms with van der Waals surface area (Å²) >= 11 is 16.6. The zero-order valence-electron chi connectivity index (χ0n) is 9.77. The van der Waals surface area contributed by atoms with Crippen molar-refractivity contribution >= 4 is 45.7 Å². The van der Waals surface area contributed by atoms with Gasteiger partial charge >= 0.3 is 0 Å². The summed E-state index contributed by atoms with van der Waals surface area (Å²) in [6.07, 6.45) is -1.54. The molecule has 19 heavy (non-hydrogen) atoms. The predicted octanol–water partition coefficient (Wildman–Crippen LogP) is 1.94. The van der Waals surface area contributed by atoms with Crippen LogP contribution in [0.15, 0.2) is 29.1 Å². The van der Waals surface area contributed by atoms with E-state index in [1.54, 1.807) is 31.2 Å². The maximum absolute atomic E-state index is 12.2. The Kier molecular flexibility index (Phi) is 3.92. The van der Waals surface area contributed by atoms with E-state index in [2.05, 4.69) is 10.4 Å². The van der Waals surface area contributed by atoms with Gasteiger partial charge in [-0.25, -0.2) is 9.66 Å². The van der Waals surface area contributed by atoms with Crippen molar-refractivity contribution < 1.29 is 5.11 Å². The first kappa shape index (κ1) is 14.4. The maximum Gasteiger partial charge on any atom is 0.280 e. The number of benzene rings is 1. The highest BCUT2D eigenvalue weighted by atomic mass is 35.6. The molecule has 0 aliphatic heterocycles. The molecule has 5 nitrogen and oxygen atoms in total. The highest BCUT2D eigenvalue weighted by molar-refractivity contribution is 6.68. The van der Waals surface area contributed by atoms with Gasteiger partial charge in [0.25, 0.3) is 5.56 Å². The normalized spacial score (nSPS) is 13.5. The van der Waals surface area contributed by atoms with Gasteiger partial charge in [0.2, 0.25) is 3.79 Å². The average Bonchev–Trinajstić information content (AvgIpc) is 2.33. The Morgan fingerprint density at radius 2 is 2.00 bits per heavy atom. The standard InChI is InChI=1S/C11H10Cl3N3O2/c1-6-15-8-5-3-2-4-7(8)9(18)17(6)16-10(19)11(12,13)14/h2-5,10,16,19H,1H3/t10-/m0/s1. The van der Waals surface area contributed by atoms with Crippen molar-refractivity contribution in [3.8, 4) is 0 Å². The number of nitrogens with zero attached hydrogens (tertiary/aromatic N) is 2. The minimum absolute atomic E-state index is 0.344. The molecule has 0 fully saturated rings. The van der Waals surface area contributed by atoms with Crippen molar-refractivity contribution in [2.45, 2.75) is 16.9 Å². The van der Waals surface area contributed by atoms with E-state index in [4.69, 9.17) is 34.8 Å². The van der Waals surface area contributed by atoms with E-state index in [1.165, 1.54) is 0 Å². The highest BCUT2D eigenvalue weighted by Gasteiger charge is 2.31. The molecular formula is C11H10Cl3N3O2.